The first-order valence-electron chi connectivity index (χ1n) is 10.1. The van der Waals surface area contributed by atoms with Gasteiger partial charge in [-0.1, -0.05) is 65.1 Å². The smallest absolute Gasteiger partial charge is 0.306 e. The van der Waals surface area contributed by atoms with Gasteiger partial charge in [-0.05, 0) is 73.1 Å². The Balaban J connectivity index is -0.000000283. The van der Waals surface area contributed by atoms with Crippen LogP contribution in [-0.4, -0.2) is 24.7 Å². The molecule has 0 aliphatic carbocycles. The summed E-state index contributed by atoms with van der Waals surface area (Å²) < 4.78 is 5.29. The van der Waals surface area contributed by atoms with Crippen LogP contribution in [0.5, 0.6) is 0 Å². The molecule has 2 atom stereocenters. The summed E-state index contributed by atoms with van der Waals surface area (Å²) in [6.45, 7) is 5.87. The molecule has 2 aromatic carbocycles. The van der Waals surface area contributed by atoms with Crippen LogP contribution in [0.25, 0.3) is 20.9 Å². The van der Waals surface area contributed by atoms with Crippen molar-refractivity contribution in [1.82, 2.24) is 0 Å². The van der Waals surface area contributed by atoms with Gasteiger partial charge in [-0.2, -0.15) is 27.0 Å². The first kappa shape index (κ1) is 42.2. The molecule has 208 valence electrons. The largest absolute Gasteiger partial charge is 0.460 e. The van der Waals surface area contributed by atoms with Crippen molar-refractivity contribution in [3.8, 4) is 0 Å². The van der Waals surface area contributed by atoms with Crippen molar-refractivity contribution in [3.63, 3.8) is 0 Å². The third-order valence-corrected chi connectivity index (χ3v) is 4.61. The lowest BCUT2D eigenvalue weighted by atomic mass is 9.96. The lowest BCUT2D eigenvalue weighted by molar-refractivity contribution is -0.155. The average Bonchev–Trinajstić information content (AvgIpc) is 2.74. The van der Waals surface area contributed by atoms with Crippen LogP contribution in [0, 0.1) is 0 Å². The number of hydrogen-bond donors (Lipinski definition) is 1. The van der Waals surface area contributed by atoms with E-state index in [0.717, 1.165) is 11.1 Å². The molecule has 0 amide bonds. The topological polar surface area (TPSA) is 150 Å². The van der Waals surface area contributed by atoms with E-state index >= 15 is 0 Å². The summed E-state index contributed by atoms with van der Waals surface area (Å²) in [5, 5.41) is 8.16. The second kappa shape index (κ2) is 22.1. The molecule has 0 saturated heterocycles. The summed E-state index contributed by atoms with van der Waals surface area (Å²) >= 11 is 11.7. The zero-order valence-corrected chi connectivity index (χ0v) is 24.5. The summed E-state index contributed by atoms with van der Waals surface area (Å²) in [5.41, 5.74) is 23.5. The quantitative estimate of drug-likeness (QED) is 0.138. The van der Waals surface area contributed by atoms with Gasteiger partial charge in [-0.3, -0.25) is 4.79 Å². The number of hydrogen-bond acceptors (Lipinski definition) is 5. The second-order valence-corrected chi connectivity index (χ2v) is 8.90. The van der Waals surface area contributed by atoms with Crippen molar-refractivity contribution in [1.29, 1.82) is 0 Å². The molecule has 0 bridgehead atoms. The summed E-state index contributed by atoms with van der Waals surface area (Å²) in [5.74, 6) is -0.560. The molecule has 0 aliphatic rings. The lowest BCUT2D eigenvalue weighted by Crippen LogP contribution is -2.25. The number of nitrogens with two attached hydrogens (primary N) is 1. The van der Waals surface area contributed by atoms with Gasteiger partial charge in [0.15, 0.2) is 0 Å². The molecule has 0 unspecified atom stereocenters. The lowest BCUT2D eigenvalue weighted by Gasteiger charge is -2.22. The fourth-order valence-electron chi connectivity index (χ4n) is 2.73. The molecule has 0 aromatic heterocycles. The highest BCUT2D eigenvalue weighted by molar-refractivity contribution is 7.59. The normalized spacial score (nSPS) is 10.9. The average molecular weight is 613 g/mol. The minimum absolute atomic E-state index is 0. The van der Waals surface area contributed by atoms with Crippen molar-refractivity contribution in [2.24, 2.45) is 16.0 Å². The summed E-state index contributed by atoms with van der Waals surface area (Å²) in [7, 11) is 0. The van der Waals surface area contributed by atoms with Gasteiger partial charge in [0.25, 0.3) is 0 Å². The monoisotopic (exact) mass is 611 g/mol. The fraction of sp³-hybridized carbons (Fsp3) is 0.435. The molecular weight excluding hydrogens is 577 g/mol. The molecule has 0 radical (unpaired) electrons. The third kappa shape index (κ3) is 18.9. The maximum Gasteiger partial charge on any atom is 0.306 e. The first-order chi connectivity index (χ1) is 15.6. The number of esters is 1. The van der Waals surface area contributed by atoms with Crippen molar-refractivity contribution < 1.29 is 9.53 Å². The number of carbonyl (C=O) groups is 1. The third-order valence-electron chi connectivity index (χ3n) is 4.14. The number of nitrogens with zero attached hydrogens (tertiary/aromatic N) is 6. The molecule has 0 aliphatic heterocycles. The number of azide groups is 2. The maximum absolute atomic E-state index is 11.9. The molecule has 2 aromatic rings. The van der Waals surface area contributed by atoms with Gasteiger partial charge in [0, 0.05) is 39.0 Å². The Labute approximate surface area is 249 Å². The summed E-state index contributed by atoms with van der Waals surface area (Å²) in [6.07, 6.45) is 0.149. The van der Waals surface area contributed by atoms with Crippen LogP contribution >= 0.6 is 62.6 Å². The Morgan fingerprint density at radius 3 is 1.89 bits per heavy atom. The minimum atomic E-state index is -0.533. The van der Waals surface area contributed by atoms with E-state index in [4.69, 9.17) is 44.7 Å². The van der Waals surface area contributed by atoms with E-state index in [1.165, 1.54) is 0 Å². The van der Waals surface area contributed by atoms with Crippen LogP contribution in [0.1, 0.15) is 57.7 Å². The number of rotatable bonds is 8. The zero-order valence-electron chi connectivity index (χ0n) is 20.1. The molecule has 14 heteroatoms. The Morgan fingerprint density at radius 1 is 0.973 bits per heavy atom. The van der Waals surface area contributed by atoms with Gasteiger partial charge in [-0.15, -0.1) is 12.4 Å². The SMILES string of the molecule is C.CC(C)(C)OC(=O)C[C@H](CN=[N+]=[N-])c1cccc(Cl)c1.Cl.S.S.[N-]=[N+]=NC[C@@H](N)c1cccc(Cl)c1. The highest BCUT2D eigenvalue weighted by Gasteiger charge is 2.21. The standard InChI is InChI=1S/C14H18ClN3O2.C8H9ClN4.CH4.ClH.2H2S/c1-14(2,3)20-13(19)8-11(9-17-18-16)10-5-4-6-12(15)7-10;9-7-3-1-2-6(4-7)8(10)5-12-13-11;;;;/h4-7,11H,8-9H2,1-3H3;1-4,8H,5,10H2;1H4;1H;2*1H2/t11-;8-;;;;/m11..../s1. The zero-order chi connectivity index (χ0) is 24.9. The van der Waals surface area contributed by atoms with Gasteiger partial charge in [0.05, 0.1) is 6.42 Å². The first-order valence-corrected chi connectivity index (χ1v) is 10.8. The highest BCUT2D eigenvalue weighted by Crippen LogP contribution is 2.25. The molecule has 37 heavy (non-hydrogen) atoms. The van der Waals surface area contributed by atoms with Gasteiger partial charge >= 0.3 is 5.97 Å². The Morgan fingerprint density at radius 2 is 1.43 bits per heavy atom. The van der Waals surface area contributed by atoms with E-state index in [1.807, 2.05) is 39.0 Å². The van der Waals surface area contributed by atoms with E-state index in [0.29, 0.717) is 10.0 Å². The van der Waals surface area contributed by atoms with Crippen LogP contribution in [0.15, 0.2) is 58.8 Å². The van der Waals surface area contributed by atoms with Gasteiger partial charge in [0.1, 0.15) is 5.60 Å². The van der Waals surface area contributed by atoms with E-state index in [9.17, 15) is 4.79 Å². The molecule has 0 saturated carbocycles. The Bertz CT molecular complexity index is 1030. The van der Waals surface area contributed by atoms with E-state index in [1.54, 1.807) is 30.3 Å². The molecule has 0 heterocycles. The Kier molecular flexibility index (Phi) is 25.2. The van der Waals surface area contributed by atoms with Crippen LogP contribution in [0.4, 0.5) is 0 Å². The van der Waals surface area contributed by atoms with Gasteiger partial charge in [0.2, 0.25) is 0 Å². The van der Waals surface area contributed by atoms with Crippen molar-refractivity contribution in [3.05, 3.63) is 90.6 Å². The fourth-order valence-corrected chi connectivity index (χ4v) is 3.13. The predicted molar refractivity (Wildman–Crippen MR) is 166 cm³/mol. The molecule has 2 rings (SSSR count). The highest BCUT2D eigenvalue weighted by atomic mass is 35.5. The number of halogens is 3. The van der Waals surface area contributed by atoms with Gasteiger partial charge in [-0.25, -0.2) is 0 Å². The molecule has 0 spiro atoms. The molecule has 0 fully saturated rings. The number of carbonyl (C=O) groups excluding carboxylic acids is 1. The van der Waals surface area contributed by atoms with Crippen molar-refractivity contribution in [2.45, 2.75) is 52.2 Å². The number of benzene rings is 2. The predicted octanol–water partition coefficient (Wildman–Crippen LogP) is 8.40. The maximum atomic E-state index is 11.9. The number of ether oxygens (including phenoxy) is 1. The summed E-state index contributed by atoms with van der Waals surface area (Å²) in [4.78, 5) is 17.3. The van der Waals surface area contributed by atoms with Crippen LogP contribution in [-0.2, 0) is 9.53 Å². The summed E-state index contributed by atoms with van der Waals surface area (Å²) in [6, 6.07) is 14.1. The van der Waals surface area contributed by atoms with Crippen LogP contribution in [0.3, 0.4) is 0 Å². The van der Waals surface area contributed by atoms with Gasteiger partial charge < -0.3 is 10.5 Å². The van der Waals surface area contributed by atoms with Crippen molar-refractivity contribution in [2.75, 3.05) is 13.1 Å². The van der Waals surface area contributed by atoms with Crippen molar-refractivity contribution >= 4 is 68.6 Å². The van der Waals surface area contributed by atoms with Crippen LogP contribution < -0.4 is 5.73 Å². The second-order valence-electron chi connectivity index (χ2n) is 8.03. The molecule has 9 nitrogen and oxygen atoms in total. The van der Waals surface area contributed by atoms with E-state index in [2.05, 4.69) is 20.1 Å². The molecular formula is C23H36Cl3N7O2S2. The minimum Gasteiger partial charge on any atom is -0.460 e. The van der Waals surface area contributed by atoms with E-state index < -0.39 is 5.60 Å². The molecule has 2 N–H and O–H groups in total. The van der Waals surface area contributed by atoms with Crippen LogP contribution in [0.2, 0.25) is 10.0 Å². The van der Waals surface area contributed by atoms with E-state index in [-0.39, 0.29) is 84.3 Å². The Hall–Kier alpha value is -1.94.